The van der Waals surface area contributed by atoms with Gasteiger partial charge in [-0.15, -0.1) is 0 Å². The smallest absolute Gasteiger partial charge is 0.305 e. The van der Waals surface area contributed by atoms with Crippen molar-refractivity contribution in [3.8, 4) is 0 Å². The number of carboxylic acids is 1. The molecular formula is C107H176O16. The number of hydrogen-bond donors (Lipinski definition) is 8. The van der Waals surface area contributed by atoms with Gasteiger partial charge >= 0.3 is 23.9 Å². The van der Waals surface area contributed by atoms with Crippen LogP contribution in [0.1, 0.15) is 355 Å². The van der Waals surface area contributed by atoms with Crippen molar-refractivity contribution in [2.45, 2.75) is 397 Å². The maximum Gasteiger partial charge on any atom is 0.305 e. The molecule has 16 fully saturated rings. The fraction of sp³-hybridized carbons (Fsp3) is 0.916. The van der Waals surface area contributed by atoms with Gasteiger partial charge in [0.1, 0.15) is 0 Å². The monoisotopic (exact) mass is 1720 g/mol. The molecule has 16 heteroatoms. The van der Waals surface area contributed by atoms with Crippen LogP contribution in [0.3, 0.4) is 0 Å². The van der Waals surface area contributed by atoms with Crippen molar-refractivity contribution in [2.75, 3.05) is 21.3 Å². The predicted octanol–water partition coefficient (Wildman–Crippen LogP) is 20.8. The van der Waals surface area contributed by atoms with Gasteiger partial charge in [-0.2, -0.15) is 0 Å². The van der Waals surface area contributed by atoms with Crippen LogP contribution in [-0.2, 0) is 38.2 Å². The summed E-state index contributed by atoms with van der Waals surface area (Å²) in [6.45, 7) is 37.6. The Kier molecular flexibility index (Phi) is 30.2. The molecule has 0 aliphatic heterocycles. The molecule has 0 aromatic heterocycles. The summed E-state index contributed by atoms with van der Waals surface area (Å²) in [4.78, 5) is 60.1. The number of aliphatic carboxylic acids is 1. The van der Waals surface area contributed by atoms with Gasteiger partial charge in [0.15, 0.2) is 5.78 Å². The normalized spacial score (nSPS) is 49.4. The maximum absolute atomic E-state index is 13.9. The Morgan fingerprint density at radius 2 is 0.659 bits per heavy atom. The Morgan fingerprint density at radius 3 is 1.02 bits per heavy atom. The molecule has 8 N–H and O–H groups in total. The molecule has 0 aromatic rings. The number of aliphatic hydroxyl groups is 7. The molecule has 41 atom stereocenters. The molecule has 0 bridgehead atoms. The van der Waals surface area contributed by atoms with E-state index in [4.69, 9.17) is 19.3 Å². The number of carbonyl (C=O) groups excluding carboxylic acids is 4. The van der Waals surface area contributed by atoms with E-state index in [0.717, 1.165) is 134 Å². The van der Waals surface area contributed by atoms with Crippen LogP contribution in [0.2, 0.25) is 0 Å². The zero-order chi connectivity index (χ0) is 89.5. The van der Waals surface area contributed by atoms with E-state index in [-0.39, 0.29) is 122 Å². The Hall–Kier alpha value is -3.25. The third-order valence-electron chi connectivity index (χ3n) is 43.4. The highest BCUT2D eigenvalue weighted by atomic mass is 16.5. The third-order valence-corrected chi connectivity index (χ3v) is 43.4. The molecule has 0 aromatic carbocycles. The molecule has 16 aliphatic rings. The van der Waals surface area contributed by atoms with E-state index in [2.05, 4.69) is 116 Å². The average molecular weight is 1720 g/mol. The number of fused-ring (bicyclic) bond motifs is 20. The minimum atomic E-state index is -0.683. The molecule has 0 saturated heterocycles. The van der Waals surface area contributed by atoms with E-state index < -0.39 is 5.97 Å². The van der Waals surface area contributed by atoms with Gasteiger partial charge in [0.25, 0.3) is 0 Å². The molecule has 123 heavy (non-hydrogen) atoms. The Bertz CT molecular complexity index is 3720. The molecule has 12 unspecified atom stereocenters. The molecule has 0 heterocycles. The van der Waals surface area contributed by atoms with Gasteiger partial charge in [-0.1, -0.05) is 122 Å². The second-order valence-electron chi connectivity index (χ2n) is 47.7. The topological polar surface area (TPSA) is 275 Å². The summed E-state index contributed by atoms with van der Waals surface area (Å²) >= 11 is 0. The second kappa shape index (κ2) is 38.1. The summed E-state index contributed by atoms with van der Waals surface area (Å²) in [5.41, 5.74) is 3.98. The number of Topliss-reactive ketones (excluding diaryl/α,β-unsaturated/α-hetero) is 1. The zero-order valence-corrected chi connectivity index (χ0v) is 80.4. The van der Waals surface area contributed by atoms with Crippen LogP contribution in [-0.4, -0.2) is 135 Å². The summed E-state index contributed by atoms with van der Waals surface area (Å²) in [6.07, 6.45) is 40.2. The third kappa shape index (κ3) is 17.2. The first-order chi connectivity index (χ1) is 58.1. The lowest BCUT2D eigenvalue weighted by atomic mass is 9.41. The second-order valence-corrected chi connectivity index (χ2v) is 47.7. The quantitative estimate of drug-likeness (QED) is 0.0274. The number of esters is 3. The summed E-state index contributed by atoms with van der Waals surface area (Å²) in [7, 11) is 4.42. The maximum atomic E-state index is 13.9. The molecule has 0 spiro atoms. The first kappa shape index (κ1) is 97.3. The van der Waals surface area contributed by atoms with E-state index in [1.807, 2.05) is 6.92 Å². The standard InChI is InChI=1S/C27H46O4.C27H44O4.C27H42O4.C26H44O4/c3*1-6-18-22-15-17(28)11-13-27(22,4)21-12-14-26(3)19(16(2)7-10-23(29)31-5)8-9-20(26)24(21)25(18)30;1-5-17-21-14-16(27)10-12-26(21,4)20-11-13-25(3)18(15(2)6-9-22(28)29)7-8-19(25)23(20)24(17)30/h16-22,24-25,28,30H,6-15H2,1-5H3;6,16-17,19-22,24-25,28,30H,7-15H2,1-5H3;6,16-17,19-22,24,28H,7-15H2,1-5H3;15-21,23-24,27,30H,5-14H2,1-4H3,(H,28,29)/b;2*18-6+;/t16-,17-,18-,19-,20?,21?,22+,24?,25-,26-,27-;16-,17-,19-,20?,21?,22+,24?,25-,26-,27-;16-,17-,19-,20?,21?,22+,24?,26-,27-;15-,16-,17-,18-,19?,20?,21+,23?,24-,25-,26-/m1111/s1. The molecule has 16 saturated carbocycles. The van der Waals surface area contributed by atoms with Crippen molar-refractivity contribution in [2.24, 2.45) is 197 Å². The summed E-state index contributed by atoms with van der Waals surface area (Å²) in [6, 6.07) is 0. The number of carbonyl (C=O) groups is 5. The molecular weight excluding hydrogens is 1540 g/mol. The fourth-order valence-corrected chi connectivity index (χ4v) is 37.0. The molecule has 0 radical (unpaired) electrons. The molecule has 16 aliphatic carbocycles. The Labute approximate surface area is 743 Å². The Balaban J connectivity index is 0.000000141. The van der Waals surface area contributed by atoms with Gasteiger partial charge in [-0.25, -0.2) is 0 Å². The van der Waals surface area contributed by atoms with Crippen molar-refractivity contribution >= 4 is 29.7 Å². The van der Waals surface area contributed by atoms with Gasteiger partial charge in [-0.3, -0.25) is 24.0 Å². The van der Waals surface area contributed by atoms with E-state index in [1.54, 1.807) is 0 Å². The lowest BCUT2D eigenvalue weighted by Crippen LogP contribution is -2.62. The van der Waals surface area contributed by atoms with Crippen LogP contribution in [0.25, 0.3) is 0 Å². The van der Waals surface area contributed by atoms with E-state index in [9.17, 15) is 59.7 Å². The fourth-order valence-electron chi connectivity index (χ4n) is 37.0. The van der Waals surface area contributed by atoms with Crippen LogP contribution < -0.4 is 0 Å². The summed E-state index contributed by atoms with van der Waals surface area (Å²) in [5.74, 6) is 11.3. The number of hydrogen-bond acceptors (Lipinski definition) is 15. The number of ether oxygens (including phenoxy) is 3. The van der Waals surface area contributed by atoms with Gasteiger partial charge in [0.05, 0.1) is 64.1 Å². The molecule has 16 nitrogen and oxygen atoms in total. The van der Waals surface area contributed by atoms with Gasteiger partial charge in [-0.05, 0) is 422 Å². The van der Waals surface area contributed by atoms with Gasteiger partial charge < -0.3 is 55.1 Å². The van der Waals surface area contributed by atoms with E-state index in [1.165, 1.54) is 117 Å². The first-order valence-corrected chi connectivity index (χ1v) is 51.2. The van der Waals surface area contributed by atoms with Gasteiger partial charge in [0, 0.05) is 31.6 Å². The highest BCUT2D eigenvalue weighted by molar-refractivity contribution is 5.99. The van der Waals surface area contributed by atoms with Crippen LogP contribution >= 0.6 is 0 Å². The molecule has 0 amide bonds. The molecule has 16 rings (SSSR count). The van der Waals surface area contributed by atoms with Crippen LogP contribution in [0, 0.1) is 197 Å². The predicted molar refractivity (Wildman–Crippen MR) is 483 cm³/mol. The number of ketones is 1. The summed E-state index contributed by atoms with van der Waals surface area (Å²) in [5, 5.41) is 85.9. The van der Waals surface area contributed by atoms with Crippen molar-refractivity contribution in [1.29, 1.82) is 0 Å². The highest BCUT2D eigenvalue weighted by Gasteiger charge is 2.70. The number of methoxy groups -OCH3 is 3. The van der Waals surface area contributed by atoms with Gasteiger partial charge in [0.2, 0.25) is 0 Å². The first-order valence-electron chi connectivity index (χ1n) is 51.2. The van der Waals surface area contributed by atoms with E-state index in [0.29, 0.717) is 167 Å². The van der Waals surface area contributed by atoms with Crippen molar-refractivity contribution in [3.05, 3.63) is 23.3 Å². The minimum Gasteiger partial charge on any atom is -0.481 e. The van der Waals surface area contributed by atoms with Crippen LogP contribution in [0.15, 0.2) is 23.3 Å². The number of allylic oxidation sites excluding steroid dienone is 3. The van der Waals surface area contributed by atoms with Crippen molar-refractivity contribution in [3.63, 3.8) is 0 Å². The lowest BCUT2D eigenvalue weighted by molar-refractivity contribution is -0.203. The number of aliphatic hydroxyl groups excluding tert-OH is 7. The van der Waals surface area contributed by atoms with Crippen molar-refractivity contribution in [1.82, 2.24) is 0 Å². The average Bonchev–Trinajstić information content (AvgIpc) is 1.70. The number of carboxylic acid groups (broad SMARTS) is 1. The lowest BCUT2D eigenvalue weighted by Gasteiger charge is -2.64. The minimum absolute atomic E-state index is 0.0952. The number of rotatable bonds is 18. The molecule has 700 valence electrons. The summed E-state index contributed by atoms with van der Waals surface area (Å²) < 4.78 is 14.6. The van der Waals surface area contributed by atoms with E-state index >= 15 is 0 Å². The van der Waals surface area contributed by atoms with Crippen molar-refractivity contribution < 1.29 is 79.0 Å². The van der Waals surface area contributed by atoms with Crippen LogP contribution in [0.4, 0.5) is 0 Å². The van der Waals surface area contributed by atoms with Crippen LogP contribution in [0.5, 0.6) is 0 Å². The SMILES string of the molecule is C/C=C1/C(=O)C2C3CC[C@H]([C@H](C)CCC(=O)OC)[C@@]3(C)CCC2[C@@]2(C)CC[C@@H](O)C[C@@H]12.C/C=C1/[C@@H](O)C2C3CC[C@H]([C@H](C)CCC(=O)OC)[C@@]3(C)CCC2[C@@]2(C)CC[C@@H](O)C[C@@H]12.CC[C@H]1[C@@H](O)C2C3CC[C@H]([C@H](C)CCC(=O)O)[C@@]3(C)CCC2[C@@]2(C)CC[C@@H](O)C[C@@H]12.CC[C@H]1[C@@H](O)C2C3CC[C@H]([C@H](C)CCC(=O)OC)[C@@]3(C)CCC2[C@@]2(C)CC[C@@H](O)C[C@@H]12. The highest BCUT2D eigenvalue weighted by Crippen LogP contribution is 2.75. The largest absolute Gasteiger partial charge is 0.481 e. The zero-order valence-electron chi connectivity index (χ0n) is 80.4. The Morgan fingerprint density at radius 1 is 0.366 bits per heavy atom.